The highest BCUT2D eigenvalue weighted by Gasteiger charge is 2.43. The molecule has 1 saturated heterocycles. The predicted molar refractivity (Wildman–Crippen MR) is 127 cm³/mol. The van der Waals surface area contributed by atoms with Crippen molar-refractivity contribution in [3.63, 3.8) is 0 Å². The van der Waals surface area contributed by atoms with Crippen LogP contribution < -0.4 is 4.90 Å². The molecule has 0 spiro atoms. The van der Waals surface area contributed by atoms with Gasteiger partial charge in [0.25, 0.3) is 11.8 Å². The second-order valence-corrected chi connectivity index (χ2v) is 8.76. The van der Waals surface area contributed by atoms with E-state index in [0.717, 1.165) is 11.4 Å². The van der Waals surface area contributed by atoms with E-state index in [1.807, 2.05) is 32.1 Å². The van der Waals surface area contributed by atoms with Gasteiger partial charge in [0.1, 0.15) is 5.57 Å². The zero-order chi connectivity index (χ0) is 22.5. The van der Waals surface area contributed by atoms with Crippen molar-refractivity contribution in [1.82, 2.24) is 9.80 Å². The molecule has 4 rings (SSSR count). The average Bonchev–Trinajstić information content (AvgIpc) is 2.99. The number of benzene rings is 1. The lowest BCUT2D eigenvalue weighted by molar-refractivity contribution is -0.133. The molecule has 2 amide bonds. The van der Waals surface area contributed by atoms with Crippen LogP contribution in [-0.4, -0.2) is 39.8 Å². The molecule has 0 unspecified atom stereocenters. The van der Waals surface area contributed by atoms with E-state index in [1.165, 1.54) is 26.6 Å². The highest BCUT2D eigenvalue weighted by molar-refractivity contribution is 7.80. The molecule has 160 valence electrons. The Bertz CT molecular complexity index is 1100. The third-order valence-corrected chi connectivity index (χ3v) is 6.68. The van der Waals surface area contributed by atoms with E-state index in [2.05, 4.69) is 49.9 Å². The third kappa shape index (κ3) is 3.08. The summed E-state index contributed by atoms with van der Waals surface area (Å²) in [6, 6.07) is 8.38. The van der Waals surface area contributed by atoms with Crippen LogP contribution in [0, 0.1) is 0 Å². The second-order valence-electron chi connectivity index (χ2n) is 8.40. The fraction of sp³-hybridized carbons (Fsp3) is 0.320. The Morgan fingerprint density at radius 1 is 0.968 bits per heavy atom. The summed E-state index contributed by atoms with van der Waals surface area (Å²) in [4.78, 5) is 31.1. The van der Waals surface area contributed by atoms with Crippen LogP contribution in [0.2, 0.25) is 0 Å². The maximum Gasteiger partial charge on any atom is 0.265 e. The van der Waals surface area contributed by atoms with Gasteiger partial charge in [-0.3, -0.25) is 19.4 Å². The molecule has 3 heterocycles. The van der Waals surface area contributed by atoms with E-state index < -0.39 is 0 Å². The lowest BCUT2D eigenvalue weighted by Crippen LogP contribution is -2.55. The number of allylic oxidation sites excluding steroid dienone is 6. The van der Waals surface area contributed by atoms with Crippen molar-refractivity contribution in [2.75, 3.05) is 18.0 Å². The van der Waals surface area contributed by atoms with Gasteiger partial charge in [0.15, 0.2) is 5.11 Å². The van der Waals surface area contributed by atoms with Crippen molar-refractivity contribution in [2.24, 2.45) is 0 Å². The molecule has 31 heavy (non-hydrogen) atoms. The molecule has 0 atom stereocenters. The van der Waals surface area contributed by atoms with Crippen LogP contribution in [0.15, 0.2) is 71.1 Å². The van der Waals surface area contributed by atoms with Crippen LogP contribution in [0.25, 0.3) is 0 Å². The summed E-state index contributed by atoms with van der Waals surface area (Å²) in [5.74, 6) is -0.680. The Morgan fingerprint density at radius 2 is 1.58 bits per heavy atom. The zero-order valence-corrected chi connectivity index (χ0v) is 19.4. The number of carbonyl (C=O) groups excluding carboxylic acids is 2. The molecule has 0 aromatic heterocycles. The van der Waals surface area contributed by atoms with Gasteiger partial charge in [-0.1, -0.05) is 38.1 Å². The number of anilines is 1. The van der Waals surface area contributed by atoms with Gasteiger partial charge in [-0.2, -0.15) is 0 Å². The van der Waals surface area contributed by atoms with Gasteiger partial charge in [0.2, 0.25) is 0 Å². The second kappa shape index (κ2) is 7.61. The quantitative estimate of drug-likeness (QED) is 0.402. The van der Waals surface area contributed by atoms with Crippen molar-refractivity contribution < 1.29 is 9.59 Å². The largest absolute Gasteiger partial charge is 0.313 e. The molecule has 0 radical (unpaired) electrons. The lowest BCUT2D eigenvalue weighted by atomic mass is 9.81. The maximum absolute atomic E-state index is 12.9. The van der Waals surface area contributed by atoms with Gasteiger partial charge in [0, 0.05) is 35.6 Å². The minimum absolute atomic E-state index is 0.137. The van der Waals surface area contributed by atoms with Crippen LogP contribution in [-0.2, 0) is 15.0 Å². The maximum atomic E-state index is 12.9. The van der Waals surface area contributed by atoms with Crippen LogP contribution >= 0.6 is 12.2 Å². The fourth-order valence-electron chi connectivity index (χ4n) is 4.73. The Hall–Kier alpha value is -2.99. The molecule has 0 bridgehead atoms. The normalized spacial score (nSPS) is 21.3. The Labute approximate surface area is 189 Å². The van der Waals surface area contributed by atoms with E-state index in [1.54, 1.807) is 6.08 Å². The number of rotatable bonds is 3. The minimum Gasteiger partial charge on any atom is -0.313 e. The topological polar surface area (TPSA) is 43.9 Å². The summed E-state index contributed by atoms with van der Waals surface area (Å²) in [5.41, 5.74) is 5.73. The molecule has 5 nitrogen and oxygen atoms in total. The molecule has 3 aliphatic rings. The molecule has 6 heteroatoms. The smallest absolute Gasteiger partial charge is 0.265 e. The van der Waals surface area contributed by atoms with E-state index in [4.69, 9.17) is 12.2 Å². The summed E-state index contributed by atoms with van der Waals surface area (Å²) >= 11 is 5.35. The fourth-order valence-corrected chi connectivity index (χ4v) is 5.15. The third-order valence-electron chi connectivity index (χ3n) is 6.24. The van der Waals surface area contributed by atoms with Gasteiger partial charge >= 0.3 is 0 Å². The first kappa shape index (κ1) is 21.2. The van der Waals surface area contributed by atoms with Gasteiger partial charge in [-0.25, -0.2) is 0 Å². The Kier molecular flexibility index (Phi) is 5.21. The van der Waals surface area contributed by atoms with Gasteiger partial charge in [0.05, 0.1) is 0 Å². The number of para-hydroxylation sites is 1. The van der Waals surface area contributed by atoms with Gasteiger partial charge < -0.3 is 4.90 Å². The number of likely N-dealkylation sites (N-methyl/N-ethyl adjacent to an activating group) is 2. The number of nitrogens with zero attached hydrogens (tertiary/aromatic N) is 3. The van der Waals surface area contributed by atoms with Gasteiger partial charge in [-0.15, -0.1) is 0 Å². The summed E-state index contributed by atoms with van der Waals surface area (Å²) in [6.45, 7) is 11.1. The number of amides is 2. The highest BCUT2D eigenvalue weighted by atomic mass is 32.1. The lowest BCUT2D eigenvalue weighted by Gasteiger charge is -2.35. The molecule has 1 fully saturated rings. The first-order valence-corrected chi connectivity index (χ1v) is 11.0. The van der Waals surface area contributed by atoms with Crippen molar-refractivity contribution in [2.45, 2.75) is 40.0 Å². The number of carbonyl (C=O) groups is 2. The van der Waals surface area contributed by atoms with Crippen LogP contribution in [0.5, 0.6) is 0 Å². The van der Waals surface area contributed by atoms with E-state index >= 15 is 0 Å². The summed E-state index contributed by atoms with van der Waals surface area (Å²) in [6.07, 6.45) is 7.64. The van der Waals surface area contributed by atoms with Crippen molar-refractivity contribution in [3.8, 4) is 0 Å². The van der Waals surface area contributed by atoms with E-state index in [9.17, 15) is 9.59 Å². The van der Waals surface area contributed by atoms with Crippen molar-refractivity contribution in [1.29, 1.82) is 0 Å². The standard InChI is InChI=1S/C25H27N3O2S/c1-6-26-22(29)18(23(30)27(7-2)24(26)31)15-14-17-13-12-16(3)21-25(4,5)19-10-8-9-11-20(19)28(17)21/h8-15H,6-7H2,1-5H3. The van der Waals surface area contributed by atoms with Gasteiger partial charge in [-0.05, 0) is 68.4 Å². The molecule has 0 N–H and O–H groups in total. The van der Waals surface area contributed by atoms with E-state index in [-0.39, 0.29) is 27.9 Å². The molecular weight excluding hydrogens is 406 g/mol. The summed E-state index contributed by atoms with van der Waals surface area (Å²) in [7, 11) is 0. The molecular formula is C25H27N3O2S. The first-order chi connectivity index (χ1) is 14.7. The number of fused-ring (bicyclic) bond motifs is 3. The SMILES string of the molecule is CCN1C(=O)C(=CC=C2C=CC(C)=C3N2c2ccccc2C3(C)C)C(=O)N(CC)C1=S. The summed E-state index contributed by atoms with van der Waals surface area (Å²) < 4.78 is 0. The minimum atomic E-state index is -0.340. The van der Waals surface area contributed by atoms with Crippen LogP contribution in [0.1, 0.15) is 40.2 Å². The highest BCUT2D eigenvalue weighted by Crippen LogP contribution is 2.51. The van der Waals surface area contributed by atoms with Crippen molar-refractivity contribution in [3.05, 3.63) is 76.7 Å². The Balaban J connectivity index is 1.81. The zero-order valence-electron chi connectivity index (χ0n) is 18.6. The number of hydrogen-bond donors (Lipinski definition) is 0. The molecule has 1 aromatic rings. The average molecular weight is 434 g/mol. The number of thiocarbonyl (C=S) groups is 1. The molecule has 1 aromatic carbocycles. The van der Waals surface area contributed by atoms with Crippen molar-refractivity contribution >= 4 is 34.8 Å². The molecule has 3 aliphatic heterocycles. The first-order valence-electron chi connectivity index (χ1n) is 10.6. The Morgan fingerprint density at radius 3 is 2.19 bits per heavy atom. The summed E-state index contributed by atoms with van der Waals surface area (Å²) in [5, 5.41) is 0.276. The van der Waals surface area contributed by atoms with E-state index in [0.29, 0.717) is 13.1 Å². The number of hydrogen-bond acceptors (Lipinski definition) is 4. The monoisotopic (exact) mass is 433 g/mol. The molecule has 0 saturated carbocycles. The van der Waals surface area contributed by atoms with Crippen LogP contribution in [0.4, 0.5) is 5.69 Å². The molecule has 0 aliphatic carbocycles. The predicted octanol–water partition coefficient (Wildman–Crippen LogP) is 4.43. The van der Waals surface area contributed by atoms with Crippen LogP contribution in [0.3, 0.4) is 0 Å².